The number of amides is 1. The molecular formula is C30H33N7O2. The highest BCUT2D eigenvalue weighted by Gasteiger charge is 2.21. The predicted molar refractivity (Wildman–Crippen MR) is 151 cm³/mol. The van der Waals surface area contributed by atoms with Crippen molar-refractivity contribution in [3.05, 3.63) is 83.7 Å². The van der Waals surface area contributed by atoms with E-state index in [2.05, 4.69) is 67.8 Å². The van der Waals surface area contributed by atoms with Crippen molar-refractivity contribution >= 4 is 16.9 Å². The van der Waals surface area contributed by atoms with E-state index in [1.807, 2.05) is 30.3 Å². The van der Waals surface area contributed by atoms with Crippen LogP contribution in [-0.2, 0) is 13.0 Å². The first-order valence-electron chi connectivity index (χ1n) is 13.2. The van der Waals surface area contributed by atoms with E-state index in [4.69, 9.17) is 4.98 Å². The van der Waals surface area contributed by atoms with Crippen LogP contribution >= 0.6 is 0 Å². The predicted octanol–water partition coefficient (Wildman–Crippen LogP) is 4.78. The lowest BCUT2D eigenvalue weighted by Gasteiger charge is -2.23. The smallest absolute Gasteiger partial charge is 0.251 e. The molecule has 0 saturated carbocycles. The van der Waals surface area contributed by atoms with E-state index < -0.39 is 5.54 Å². The lowest BCUT2D eigenvalue weighted by Crippen LogP contribution is -2.46. The van der Waals surface area contributed by atoms with Crippen LogP contribution in [0.15, 0.2) is 66.7 Å². The number of aromatic amines is 1. The molecule has 39 heavy (non-hydrogen) atoms. The fraction of sp³-hybridized carbons (Fsp3) is 0.300. The van der Waals surface area contributed by atoms with Gasteiger partial charge in [-0.15, -0.1) is 10.2 Å². The first-order valence-corrected chi connectivity index (χ1v) is 13.2. The fourth-order valence-electron chi connectivity index (χ4n) is 4.61. The molecule has 3 N–H and O–H groups in total. The van der Waals surface area contributed by atoms with Crippen LogP contribution in [0.5, 0.6) is 0 Å². The van der Waals surface area contributed by atoms with Gasteiger partial charge in [0.2, 0.25) is 5.82 Å². The molecule has 0 aliphatic carbocycles. The maximum Gasteiger partial charge on any atom is 0.251 e. The molecule has 0 unspecified atom stereocenters. The number of H-pyrrole nitrogens is 1. The van der Waals surface area contributed by atoms with Gasteiger partial charge in [0, 0.05) is 24.1 Å². The molecule has 5 aromatic rings. The molecule has 5 rings (SSSR count). The van der Waals surface area contributed by atoms with Gasteiger partial charge in [-0.25, -0.2) is 4.98 Å². The number of rotatable bonds is 10. The zero-order valence-electron chi connectivity index (χ0n) is 22.5. The molecule has 2 aromatic heterocycles. The van der Waals surface area contributed by atoms with Gasteiger partial charge in [-0.3, -0.25) is 4.79 Å². The summed E-state index contributed by atoms with van der Waals surface area (Å²) in [6.07, 6.45) is 2.97. The summed E-state index contributed by atoms with van der Waals surface area (Å²) in [4.78, 5) is 17.8. The van der Waals surface area contributed by atoms with E-state index in [0.29, 0.717) is 17.9 Å². The Balaban J connectivity index is 1.47. The maximum absolute atomic E-state index is 12.9. The van der Waals surface area contributed by atoms with Gasteiger partial charge in [0.15, 0.2) is 0 Å². The van der Waals surface area contributed by atoms with Crippen molar-refractivity contribution in [3.63, 3.8) is 0 Å². The highest BCUT2D eigenvalue weighted by molar-refractivity contribution is 5.98. The maximum atomic E-state index is 12.9. The minimum Gasteiger partial charge on any atom is -0.394 e. The minimum atomic E-state index is -0.706. The summed E-state index contributed by atoms with van der Waals surface area (Å²) >= 11 is 0. The van der Waals surface area contributed by atoms with Crippen molar-refractivity contribution in [2.45, 2.75) is 52.1 Å². The molecule has 2 heterocycles. The Hall–Kier alpha value is -4.37. The topological polar surface area (TPSA) is 122 Å². The van der Waals surface area contributed by atoms with E-state index in [0.717, 1.165) is 58.4 Å². The van der Waals surface area contributed by atoms with E-state index in [9.17, 15) is 9.90 Å². The van der Waals surface area contributed by atoms with Crippen molar-refractivity contribution in [2.24, 2.45) is 0 Å². The molecule has 9 nitrogen and oxygen atoms in total. The lowest BCUT2D eigenvalue weighted by atomic mass is 9.98. The molecule has 0 aliphatic rings. The first kappa shape index (κ1) is 26.2. The van der Waals surface area contributed by atoms with Gasteiger partial charge in [-0.1, -0.05) is 61.9 Å². The van der Waals surface area contributed by atoms with Gasteiger partial charge < -0.3 is 15.0 Å². The van der Waals surface area contributed by atoms with Crippen LogP contribution in [0, 0.1) is 0 Å². The Morgan fingerprint density at radius 1 is 1.05 bits per heavy atom. The van der Waals surface area contributed by atoms with Crippen molar-refractivity contribution in [2.75, 3.05) is 6.61 Å². The number of nitrogens with zero attached hydrogens (tertiary/aromatic N) is 5. The van der Waals surface area contributed by atoms with Gasteiger partial charge in [0.25, 0.3) is 5.91 Å². The van der Waals surface area contributed by atoms with Gasteiger partial charge in [-0.05, 0) is 60.4 Å². The molecule has 0 bridgehead atoms. The number of imidazole rings is 1. The monoisotopic (exact) mass is 523 g/mol. The molecule has 0 fully saturated rings. The average Bonchev–Trinajstić information content (AvgIpc) is 3.60. The third-order valence-electron chi connectivity index (χ3n) is 6.81. The summed E-state index contributed by atoms with van der Waals surface area (Å²) in [6.45, 7) is 6.25. The lowest BCUT2D eigenvalue weighted by molar-refractivity contribution is 0.0869. The number of hydrogen-bond acceptors (Lipinski definition) is 6. The van der Waals surface area contributed by atoms with Crippen molar-refractivity contribution in [3.8, 4) is 22.5 Å². The third-order valence-corrected chi connectivity index (χ3v) is 6.81. The number of carbonyl (C=O) groups excluding carboxylic acids is 1. The number of nitrogens with one attached hydrogen (secondary N) is 2. The fourth-order valence-corrected chi connectivity index (χ4v) is 4.61. The van der Waals surface area contributed by atoms with E-state index in [1.54, 1.807) is 19.9 Å². The quantitative estimate of drug-likeness (QED) is 0.242. The second-order valence-corrected chi connectivity index (χ2v) is 10.4. The average molecular weight is 524 g/mol. The molecular weight excluding hydrogens is 490 g/mol. The molecule has 9 heteroatoms. The van der Waals surface area contributed by atoms with Gasteiger partial charge in [-0.2, -0.15) is 5.21 Å². The summed E-state index contributed by atoms with van der Waals surface area (Å²) in [6, 6.07) is 22.1. The van der Waals surface area contributed by atoms with Crippen molar-refractivity contribution in [1.82, 2.24) is 35.5 Å². The van der Waals surface area contributed by atoms with Gasteiger partial charge >= 0.3 is 0 Å². The van der Waals surface area contributed by atoms with Crippen LogP contribution in [0.1, 0.15) is 55.4 Å². The van der Waals surface area contributed by atoms with Crippen LogP contribution in [0.25, 0.3) is 33.5 Å². The minimum absolute atomic E-state index is 0.143. The highest BCUT2D eigenvalue weighted by atomic mass is 16.3. The van der Waals surface area contributed by atoms with Gasteiger partial charge in [0.1, 0.15) is 5.82 Å². The van der Waals surface area contributed by atoms with Crippen LogP contribution < -0.4 is 5.32 Å². The Bertz CT molecular complexity index is 1570. The second-order valence-electron chi connectivity index (χ2n) is 10.4. The second kappa shape index (κ2) is 11.2. The number of benzene rings is 3. The SMILES string of the molecule is CCCCc1nc2ccc(C(=O)NC(C)(C)CO)cc2n1Cc1ccc(-c2ccccc2-c2nn[nH]n2)cc1. The molecule has 200 valence electrons. The van der Waals surface area contributed by atoms with E-state index in [-0.39, 0.29) is 12.5 Å². The Labute approximate surface area is 227 Å². The standard InChI is InChI=1S/C30H33N7O2/c1-4-5-10-27-31-25-16-15-22(29(39)32-30(2,3)19-38)17-26(25)37(27)18-20-11-13-21(14-12-20)23-8-6-7-9-24(23)28-33-35-36-34-28/h6-9,11-17,38H,4-5,10,18-19H2,1-3H3,(H,32,39)(H,33,34,35,36). The molecule has 0 aliphatic heterocycles. The molecule has 1 amide bonds. The van der Waals surface area contributed by atoms with Crippen molar-refractivity contribution < 1.29 is 9.90 Å². The largest absolute Gasteiger partial charge is 0.394 e. The summed E-state index contributed by atoms with van der Waals surface area (Å²) in [5.74, 6) is 1.34. The summed E-state index contributed by atoms with van der Waals surface area (Å²) in [7, 11) is 0. The van der Waals surface area contributed by atoms with Crippen LogP contribution in [-0.4, -0.2) is 53.3 Å². The number of aliphatic hydroxyl groups excluding tert-OH is 1. The Morgan fingerprint density at radius 2 is 1.82 bits per heavy atom. The number of carbonyl (C=O) groups is 1. The van der Waals surface area contributed by atoms with Crippen LogP contribution in [0.3, 0.4) is 0 Å². The molecule has 0 radical (unpaired) electrons. The molecule has 0 saturated heterocycles. The number of tetrazole rings is 1. The zero-order valence-corrected chi connectivity index (χ0v) is 22.5. The summed E-state index contributed by atoms with van der Waals surface area (Å²) in [5, 5.41) is 27.0. The van der Waals surface area contributed by atoms with E-state index in [1.165, 1.54) is 0 Å². The summed E-state index contributed by atoms with van der Waals surface area (Å²) in [5.41, 5.74) is 5.76. The van der Waals surface area contributed by atoms with Crippen LogP contribution in [0.2, 0.25) is 0 Å². The van der Waals surface area contributed by atoms with Crippen molar-refractivity contribution in [1.29, 1.82) is 0 Å². The zero-order chi connectivity index (χ0) is 27.4. The normalized spacial score (nSPS) is 11.7. The molecule has 0 spiro atoms. The highest BCUT2D eigenvalue weighted by Crippen LogP contribution is 2.30. The third kappa shape index (κ3) is 5.73. The van der Waals surface area contributed by atoms with E-state index >= 15 is 0 Å². The molecule has 0 atom stereocenters. The van der Waals surface area contributed by atoms with Gasteiger partial charge in [0.05, 0.1) is 23.2 Å². The Morgan fingerprint density at radius 3 is 2.51 bits per heavy atom. The summed E-state index contributed by atoms with van der Waals surface area (Å²) < 4.78 is 2.21. The Kier molecular flexibility index (Phi) is 7.51. The number of hydrogen-bond donors (Lipinski definition) is 3. The number of aliphatic hydroxyl groups is 1. The number of aromatic nitrogens is 6. The van der Waals surface area contributed by atoms with Crippen LogP contribution in [0.4, 0.5) is 0 Å². The number of fused-ring (bicyclic) bond motifs is 1. The molecule has 3 aromatic carbocycles. The number of unbranched alkanes of at least 4 members (excludes halogenated alkanes) is 1. The number of aryl methyl sites for hydroxylation is 1. The first-order chi connectivity index (χ1) is 18.9.